The van der Waals surface area contributed by atoms with Crippen LogP contribution in [0.4, 0.5) is 4.39 Å². The lowest BCUT2D eigenvalue weighted by Gasteiger charge is -2.36. The van der Waals surface area contributed by atoms with E-state index in [-0.39, 0.29) is 23.5 Å². The molecule has 1 aromatic rings. The maximum absolute atomic E-state index is 13.6. The van der Waals surface area contributed by atoms with Crippen LogP contribution in [0.15, 0.2) is 24.3 Å². The summed E-state index contributed by atoms with van der Waals surface area (Å²) in [5, 5.41) is 3.21. The Hall–Kier alpha value is -0.980. The standard InChI is InChI=1S/C14H21FN2O2S/c1-2-17-20(18,19)8-7-16-12-9-11(10-12)13-5-3-4-6-14(13)15/h3-6,11-12,16-17H,2,7-10H2,1H3. The van der Waals surface area contributed by atoms with Crippen molar-refractivity contribution >= 4 is 10.0 Å². The lowest BCUT2D eigenvalue weighted by molar-refractivity contribution is 0.290. The zero-order valence-electron chi connectivity index (χ0n) is 11.6. The lowest BCUT2D eigenvalue weighted by Crippen LogP contribution is -2.43. The Morgan fingerprint density at radius 3 is 2.65 bits per heavy atom. The molecule has 0 heterocycles. The molecule has 0 aromatic heterocycles. The SMILES string of the molecule is CCNS(=O)(=O)CCNC1CC(c2ccccc2F)C1. The van der Waals surface area contributed by atoms with Crippen molar-refractivity contribution in [2.75, 3.05) is 18.8 Å². The second-order valence-electron chi connectivity index (χ2n) is 5.16. The molecule has 0 radical (unpaired) electrons. The molecular formula is C14H21FN2O2S. The molecule has 2 rings (SSSR count). The van der Waals surface area contributed by atoms with Crippen LogP contribution in [0.5, 0.6) is 0 Å². The van der Waals surface area contributed by atoms with Gasteiger partial charge in [-0.3, -0.25) is 0 Å². The van der Waals surface area contributed by atoms with Crippen LogP contribution in [0.25, 0.3) is 0 Å². The zero-order valence-corrected chi connectivity index (χ0v) is 12.4. The molecule has 1 saturated carbocycles. The Kier molecular flexibility index (Phi) is 5.12. The predicted molar refractivity (Wildman–Crippen MR) is 77.6 cm³/mol. The zero-order chi connectivity index (χ0) is 14.6. The molecule has 112 valence electrons. The fourth-order valence-electron chi connectivity index (χ4n) is 2.53. The van der Waals surface area contributed by atoms with E-state index in [0.717, 1.165) is 18.4 Å². The van der Waals surface area contributed by atoms with Crippen LogP contribution in [0, 0.1) is 5.82 Å². The summed E-state index contributed by atoms with van der Waals surface area (Å²) in [6.45, 7) is 2.61. The smallest absolute Gasteiger partial charge is 0.212 e. The monoisotopic (exact) mass is 300 g/mol. The molecule has 1 aromatic carbocycles. The third-order valence-electron chi connectivity index (χ3n) is 3.65. The van der Waals surface area contributed by atoms with Gasteiger partial charge < -0.3 is 5.32 Å². The molecule has 0 bridgehead atoms. The van der Waals surface area contributed by atoms with Crippen LogP contribution < -0.4 is 10.0 Å². The molecule has 4 nitrogen and oxygen atoms in total. The van der Waals surface area contributed by atoms with Gasteiger partial charge in [0, 0.05) is 19.1 Å². The van der Waals surface area contributed by atoms with Gasteiger partial charge in [-0.2, -0.15) is 0 Å². The molecule has 1 fully saturated rings. The molecule has 0 atom stereocenters. The first-order chi connectivity index (χ1) is 9.52. The summed E-state index contributed by atoms with van der Waals surface area (Å²) >= 11 is 0. The number of halogens is 1. The number of sulfonamides is 1. The van der Waals surface area contributed by atoms with Gasteiger partial charge in [-0.05, 0) is 30.4 Å². The Morgan fingerprint density at radius 2 is 2.00 bits per heavy atom. The molecule has 2 N–H and O–H groups in total. The van der Waals surface area contributed by atoms with Gasteiger partial charge in [0.05, 0.1) is 5.75 Å². The summed E-state index contributed by atoms with van der Waals surface area (Å²) in [5.74, 6) is 0.187. The maximum atomic E-state index is 13.6. The number of benzene rings is 1. The van der Waals surface area contributed by atoms with Crippen molar-refractivity contribution in [2.24, 2.45) is 0 Å². The van der Waals surface area contributed by atoms with E-state index in [9.17, 15) is 12.8 Å². The molecule has 1 aliphatic rings. The normalized spacial score (nSPS) is 22.5. The largest absolute Gasteiger partial charge is 0.313 e. The van der Waals surface area contributed by atoms with Gasteiger partial charge in [0.15, 0.2) is 0 Å². The molecule has 0 unspecified atom stereocenters. The van der Waals surface area contributed by atoms with Crippen molar-refractivity contribution in [3.8, 4) is 0 Å². The van der Waals surface area contributed by atoms with E-state index in [1.807, 2.05) is 12.1 Å². The molecule has 0 aliphatic heterocycles. The summed E-state index contributed by atoms with van der Waals surface area (Å²) in [4.78, 5) is 0. The third-order valence-corrected chi connectivity index (χ3v) is 5.12. The lowest BCUT2D eigenvalue weighted by atomic mass is 9.75. The molecule has 0 amide bonds. The van der Waals surface area contributed by atoms with Crippen molar-refractivity contribution in [2.45, 2.75) is 31.7 Å². The number of rotatable bonds is 7. The first-order valence-corrected chi connectivity index (χ1v) is 8.62. The van der Waals surface area contributed by atoms with Gasteiger partial charge in [0.2, 0.25) is 10.0 Å². The topological polar surface area (TPSA) is 58.2 Å². The minimum Gasteiger partial charge on any atom is -0.313 e. The first kappa shape index (κ1) is 15.4. The van der Waals surface area contributed by atoms with E-state index in [1.165, 1.54) is 6.07 Å². The first-order valence-electron chi connectivity index (χ1n) is 6.97. The minimum atomic E-state index is -3.16. The van der Waals surface area contributed by atoms with Crippen LogP contribution in [0.1, 0.15) is 31.2 Å². The summed E-state index contributed by atoms with van der Waals surface area (Å²) in [6.07, 6.45) is 1.73. The van der Waals surface area contributed by atoms with E-state index in [4.69, 9.17) is 0 Å². The number of hydrogen-bond acceptors (Lipinski definition) is 3. The Morgan fingerprint density at radius 1 is 1.30 bits per heavy atom. The van der Waals surface area contributed by atoms with Gasteiger partial charge in [-0.1, -0.05) is 25.1 Å². The van der Waals surface area contributed by atoms with Crippen molar-refractivity contribution in [3.05, 3.63) is 35.6 Å². The summed E-state index contributed by atoms with van der Waals surface area (Å²) in [5.41, 5.74) is 0.769. The van der Waals surface area contributed by atoms with Gasteiger partial charge in [0.1, 0.15) is 5.82 Å². The van der Waals surface area contributed by atoms with Gasteiger partial charge in [-0.25, -0.2) is 17.5 Å². The maximum Gasteiger partial charge on any atom is 0.212 e. The summed E-state index contributed by atoms with van der Waals surface area (Å²) in [7, 11) is -3.16. The summed E-state index contributed by atoms with van der Waals surface area (Å²) < 4.78 is 38.9. The molecule has 1 aliphatic carbocycles. The number of nitrogens with one attached hydrogen (secondary N) is 2. The summed E-state index contributed by atoms with van der Waals surface area (Å²) in [6, 6.07) is 7.14. The fourth-order valence-corrected chi connectivity index (χ4v) is 3.50. The Balaban J connectivity index is 1.71. The van der Waals surface area contributed by atoms with Crippen molar-refractivity contribution in [1.82, 2.24) is 10.0 Å². The molecule has 6 heteroatoms. The minimum absolute atomic E-state index is 0.0850. The van der Waals surface area contributed by atoms with Gasteiger partial charge in [0.25, 0.3) is 0 Å². The quantitative estimate of drug-likeness (QED) is 0.804. The van der Waals surface area contributed by atoms with Crippen LogP contribution in [0.2, 0.25) is 0 Å². The van der Waals surface area contributed by atoms with Crippen LogP contribution in [0.3, 0.4) is 0 Å². The molecule has 20 heavy (non-hydrogen) atoms. The van der Waals surface area contributed by atoms with Crippen molar-refractivity contribution < 1.29 is 12.8 Å². The Labute approximate surface area is 119 Å². The van der Waals surface area contributed by atoms with E-state index >= 15 is 0 Å². The van der Waals surface area contributed by atoms with Crippen molar-refractivity contribution in [1.29, 1.82) is 0 Å². The van der Waals surface area contributed by atoms with Gasteiger partial charge >= 0.3 is 0 Å². The average molecular weight is 300 g/mol. The molecule has 0 saturated heterocycles. The highest BCUT2D eigenvalue weighted by Gasteiger charge is 2.31. The third kappa shape index (κ3) is 4.01. The highest BCUT2D eigenvalue weighted by molar-refractivity contribution is 7.89. The van der Waals surface area contributed by atoms with Crippen LogP contribution in [-0.4, -0.2) is 33.3 Å². The number of hydrogen-bond donors (Lipinski definition) is 2. The van der Waals surface area contributed by atoms with Crippen LogP contribution in [-0.2, 0) is 10.0 Å². The molecule has 0 spiro atoms. The predicted octanol–water partition coefficient (Wildman–Crippen LogP) is 1.60. The Bertz CT molecular complexity index is 542. The highest BCUT2D eigenvalue weighted by Crippen LogP contribution is 2.37. The molecular weight excluding hydrogens is 279 g/mol. The van der Waals surface area contributed by atoms with Crippen LogP contribution >= 0.6 is 0 Å². The van der Waals surface area contributed by atoms with Crippen molar-refractivity contribution in [3.63, 3.8) is 0 Å². The highest BCUT2D eigenvalue weighted by atomic mass is 32.2. The van der Waals surface area contributed by atoms with Gasteiger partial charge in [-0.15, -0.1) is 0 Å². The second kappa shape index (κ2) is 6.65. The fraction of sp³-hybridized carbons (Fsp3) is 0.571. The van der Waals surface area contributed by atoms with E-state index in [0.29, 0.717) is 13.1 Å². The van der Waals surface area contributed by atoms with E-state index in [2.05, 4.69) is 10.0 Å². The average Bonchev–Trinajstić information content (AvgIpc) is 2.33. The van der Waals surface area contributed by atoms with E-state index < -0.39 is 10.0 Å². The second-order valence-corrected chi connectivity index (χ2v) is 7.08. The van der Waals surface area contributed by atoms with E-state index in [1.54, 1.807) is 13.0 Å².